The number of ether oxygens (including phenoxy) is 1. The number of carboxylic acids is 1. The van der Waals surface area contributed by atoms with E-state index in [2.05, 4.69) is 0 Å². The van der Waals surface area contributed by atoms with Gasteiger partial charge in [0.2, 0.25) is 5.91 Å². The van der Waals surface area contributed by atoms with E-state index in [0.29, 0.717) is 34.6 Å². The molecule has 1 unspecified atom stereocenters. The number of carboxylic acid groups (broad SMARTS) is 1. The molecule has 2 heterocycles. The number of carbonyl (C=O) groups excluding carboxylic acids is 2. The van der Waals surface area contributed by atoms with Gasteiger partial charge >= 0.3 is 16.8 Å². The van der Waals surface area contributed by atoms with Crippen molar-refractivity contribution in [3.63, 3.8) is 0 Å². The molecule has 0 saturated carbocycles. The van der Waals surface area contributed by atoms with Gasteiger partial charge in [-0.3, -0.25) is 23.7 Å². The SMILES string of the molecule is O=C(O)CCC(=O)OC1CCCN(C(=O)Cn2c(=O)sc3c(Cl)cccc32)C1. The Kier molecular flexibility index (Phi) is 6.35. The van der Waals surface area contributed by atoms with Gasteiger partial charge in [-0.1, -0.05) is 29.0 Å². The molecule has 1 atom stereocenters. The van der Waals surface area contributed by atoms with Crippen LogP contribution in [0.15, 0.2) is 23.0 Å². The van der Waals surface area contributed by atoms with E-state index in [-0.39, 0.29) is 36.7 Å². The average molecular weight is 427 g/mol. The number of likely N-dealkylation sites (tertiary alicyclic amines) is 1. The third-order valence-electron chi connectivity index (χ3n) is 4.51. The van der Waals surface area contributed by atoms with Crippen molar-refractivity contribution >= 4 is 51.0 Å². The highest BCUT2D eigenvalue weighted by atomic mass is 35.5. The minimum atomic E-state index is -1.06. The zero-order valence-electron chi connectivity index (χ0n) is 14.9. The molecule has 150 valence electrons. The Hall–Kier alpha value is -2.39. The van der Waals surface area contributed by atoms with Crippen LogP contribution < -0.4 is 4.87 Å². The normalized spacial score (nSPS) is 16.9. The maximum absolute atomic E-state index is 12.7. The molecule has 1 aromatic carbocycles. The first-order valence-electron chi connectivity index (χ1n) is 8.82. The first-order chi connectivity index (χ1) is 13.3. The van der Waals surface area contributed by atoms with Crippen LogP contribution >= 0.6 is 22.9 Å². The number of hydrogen-bond donors (Lipinski definition) is 1. The summed E-state index contributed by atoms with van der Waals surface area (Å²) < 4.78 is 7.33. The zero-order valence-corrected chi connectivity index (χ0v) is 16.5. The number of amides is 1. The molecule has 10 heteroatoms. The molecule has 1 saturated heterocycles. The molecule has 1 aliphatic heterocycles. The van der Waals surface area contributed by atoms with Crippen LogP contribution in [0, 0.1) is 0 Å². The summed E-state index contributed by atoms with van der Waals surface area (Å²) in [6, 6.07) is 5.17. The van der Waals surface area contributed by atoms with Crippen molar-refractivity contribution in [1.29, 1.82) is 0 Å². The molecule has 0 aliphatic carbocycles. The van der Waals surface area contributed by atoms with Gasteiger partial charge in [-0.05, 0) is 25.0 Å². The van der Waals surface area contributed by atoms with Gasteiger partial charge in [-0.2, -0.15) is 0 Å². The van der Waals surface area contributed by atoms with E-state index < -0.39 is 18.0 Å². The standard InChI is InChI=1S/C18H19ClN2O6S/c19-12-4-1-5-13-17(12)28-18(26)21(13)10-14(22)20-8-2-3-11(9-20)27-16(25)7-6-15(23)24/h1,4-5,11H,2-3,6-10H2,(H,23,24). The monoisotopic (exact) mass is 426 g/mol. The van der Waals surface area contributed by atoms with Gasteiger partial charge in [-0.25, -0.2) is 0 Å². The van der Waals surface area contributed by atoms with Gasteiger partial charge in [0.25, 0.3) is 0 Å². The number of thiazole rings is 1. The number of nitrogens with zero attached hydrogens (tertiary/aromatic N) is 2. The number of hydrogen-bond acceptors (Lipinski definition) is 6. The van der Waals surface area contributed by atoms with Crippen molar-refractivity contribution in [2.24, 2.45) is 0 Å². The van der Waals surface area contributed by atoms with Gasteiger partial charge in [0, 0.05) is 6.54 Å². The Morgan fingerprint density at radius 2 is 2.07 bits per heavy atom. The van der Waals surface area contributed by atoms with Gasteiger partial charge in [0.15, 0.2) is 0 Å². The summed E-state index contributed by atoms with van der Waals surface area (Å²) in [5.74, 6) is -1.89. The van der Waals surface area contributed by atoms with E-state index in [1.165, 1.54) is 4.57 Å². The van der Waals surface area contributed by atoms with E-state index in [1.54, 1.807) is 23.1 Å². The highest BCUT2D eigenvalue weighted by Gasteiger charge is 2.27. The third-order valence-corrected chi connectivity index (χ3v) is 5.97. The Balaban J connectivity index is 1.64. The first-order valence-corrected chi connectivity index (χ1v) is 10.0. The number of fused-ring (bicyclic) bond motifs is 1. The molecular weight excluding hydrogens is 408 g/mol. The van der Waals surface area contributed by atoms with Crippen molar-refractivity contribution in [1.82, 2.24) is 9.47 Å². The fraction of sp³-hybridized carbons (Fsp3) is 0.444. The summed E-state index contributed by atoms with van der Waals surface area (Å²) >= 11 is 7.12. The highest BCUT2D eigenvalue weighted by Crippen LogP contribution is 2.26. The van der Waals surface area contributed by atoms with E-state index >= 15 is 0 Å². The maximum atomic E-state index is 12.7. The zero-order chi connectivity index (χ0) is 20.3. The van der Waals surface area contributed by atoms with Crippen molar-refractivity contribution in [2.75, 3.05) is 13.1 Å². The molecule has 0 bridgehead atoms. The Bertz CT molecular complexity index is 969. The maximum Gasteiger partial charge on any atom is 0.308 e. The molecule has 0 radical (unpaired) electrons. The predicted octanol–water partition coefficient (Wildman–Crippen LogP) is 2.12. The van der Waals surface area contributed by atoms with Crippen LogP contribution in [-0.2, 0) is 25.7 Å². The number of carbonyl (C=O) groups is 3. The lowest BCUT2D eigenvalue weighted by atomic mass is 10.1. The fourth-order valence-corrected chi connectivity index (χ4v) is 4.33. The molecule has 1 fully saturated rings. The number of rotatable bonds is 6. The van der Waals surface area contributed by atoms with Gasteiger partial charge in [0.1, 0.15) is 12.6 Å². The van der Waals surface area contributed by atoms with Gasteiger partial charge < -0.3 is 14.7 Å². The molecule has 8 nitrogen and oxygen atoms in total. The number of aromatic nitrogens is 1. The van der Waals surface area contributed by atoms with E-state index in [4.69, 9.17) is 21.4 Å². The quantitative estimate of drug-likeness (QED) is 0.709. The molecule has 1 aliphatic rings. The van der Waals surface area contributed by atoms with Gasteiger partial charge in [-0.15, -0.1) is 0 Å². The molecule has 0 spiro atoms. The number of esters is 1. The summed E-state index contributed by atoms with van der Waals surface area (Å²) in [7, 11) is 0. The largest absolute Gasteiger partial charge is 0.481 e. The first kappa shape index (κ1) is 20.3. The van der Waals surface area contributed by atoms with Gasteiger partial charge in [0.05, 0.1) is 34.6 Å². The Morgan fingerprint density at radius 3 is 2.82 bits per heavy atom. The predicted molar refractivity (Wildman–Crippen MR) is 104 cm³/mol. The Labute approximate surface area is 169 Å². The van der Waals surface area contributed by atoms with Crippen molar-refractivity contribution in [3.05, 3.63) is 32.9 Å². The number of benzene rings is 1. The lowest BCUT2D eigenvalue weighted by Gasteiger charge is -2.32. The summed E-state index contributed by atoms with van der Waals surface area (Å²) in [6.07, 6.45) is 0.319. The van der Waals surface area contributed by atoms with Crippen LogP contribution in [0.4, 0.5) is 0 Å². The van der Waals surface area contributed by atoms with Crippen LogP contribution in [0.2, 0.25) is 5.02 Å². The number of piperidine rings is 1. The minimum Gasteiger partial charge on any atom is -0.481 e. The molecule has 1 amide bonds. The topological polar surface area (TPSA) is 106 Å². The van der Waals surface area contributed by atoms with Crippen molar-refractivity contribution in [3.8, 4) is 0 Å². The van der Waals surface area contributed by atoms with Crippen LogP contribution in [0.3, 0.4) is 0 Å². The highest BCUT2D eigenvalue weighted by molar-refractivity contribution is 7.17. The fourth-order valence-electron chi connectivity index (χ4n) is 3.15. The van der Waals surface area contributed by atoms with E-state index in [1.807, 2.05) is 0 Å². The second kappa shape index (κ2) is 8.74. The molecular formula is C18H19ClN2O6S. The van der Waals surface area contributed by atoms with E-state index in [0.717, 1.165) is 11.3 Å². The lowest BCUT2D eigenvalue weighted by Crippen LogP contribution is -2.45. The summed E-state index contributed by atoms with van der Waals surface area (Å²) in [5.41, 5.74) is 0.615. The van der Waals surface area contributed by atoms with Crippen LogP contribution in [-0.4, -0.2) is 51.6 Å². The summed E-state index contributed by atoms with van der Waals surface area (Å²) in [5, 5.41) is 9.09. The molecule has 1 N–H and O–H groups in total. The number of aliphatic carboxylic acids is 1. The van der Waals surface area contributed by atoms with Crippen LogP contribution in [0.25, 0.3) is 10.2 Å². The lowest BCUT2D eigenvalue weighted by molar-refractivity contribution is -0.156. The second-order valence-electron chi connectivity index (χ2n) is 6.53. The Morgan fingerprint density at radius 1 is 1.29 bits per heavy atom. The summed E-state index contributed by atoms with van der Waals surface area (Å²) in [4.78, 5) is 48.6. The van der Waals surface area contributed by atoms with Crippen molar-refractivity contribution in [2.45, 2.75) is 38.3 Å². The number of halogens is 1. The second-order valence-corrected chi connectivity index (χ2v) is 7.90. The van der Waals surface area contributed by atoms with Crippen LogP contribution in [0.5, 0.6) is 0 Å². The van der Waals surface area contributed by atoms with E-state index in [9.17, 15) is 19.2 Å². The molecule has 1 aromatic heterocycles. The average Bonchev–Trinajstić information content (AvgIpc) is 2.97. The summed E-state index contributed by atoms with van der Waals surface area (Å²) in [6.45, 7) is 0.633. The minimum absolute atomic E-state index is 0.112. The molecule has 2 aromatic rings. The van der Waals surface area contributed by atoms with Crippen LogP contribution in [0.1, 0.15) is 25.7 Å². The molecule has 28 heavy (non-hydrogen) atoms. The molecule has 3 rings (SSSR count). The third kappa shape index (κ3) is 4.71. The van der Waals surface area contributed by atoms with Crippen molar-refractivity contribution < 1.29 is 24.2 Å². The smallest absolute Gasteiger partial charge is 0.308 e.